The summed E-state index contributed by atoms with van der Waals surface area (Å²) in [4.78, 5) is 30.8. The molecular formula is C15H21N5O2. The van der Waals surface area contributed by atoms with E-state index in [0.717, 1.165) is 12.2 Å². The Balaban J connectivity index is 1.66. The molecule has 1 aromatic heterocycles. The third kappa shape index (κ3) is 2.95. The summed E-state index contributed by atoms with van der Waals surface area (Å²) in [6, 6.07) is 5.47. The van der Waals surface area contributed by atoms with Crippen LogP contribution in [0.1, 0.15) is 12.6 Å². The van der Waals surface area contributed by atoms with Crippen LogP contribution in [0.4, 0.5) is 0 Å². The van der Waals surface area contributed by atoms with Crippen molar-refractivity contribution in [3.63, 3.8) is 0 Å². The Hall–Kier alpha value is -1.99. The number of nitrogens with one attached hydrogen (secondary N) is 3. The van der Waals surface area contributed by atoms with Gasteiger partial charge in [-0.3, -0.25) is 20.0 Å². The van der Waals surface area contributed by atoms with Gasteiger partial charge in [-0.25, -0.2) is 5.43 Å². The monoisotopic (exact) mass is 303 g/mol. The molecule has 0 bridgehead atoms. The van der Waals surface area contributed by atoms with Gasteiger partial charge in [0.25, 0.3) is 0 Å². The van der Waals surface area contributed by atoms with Gasteiger partial charge in [-0.2, -0.15) is 0 Å². The van der Waals surface area contributed by atoms with Crippen LogP contribution >= 0.6 is 0 Å². The molecule has 0 spiro atoms. The van der Waals surface area contributed by atoms with E-state index in [1.807, 2.05) is 25.1 Å². The first kappa shape index (κ1) is 14.9. The molecule has 0 saturated carbocycles. The number of fused-ring (bicyclic) bond motifs is 1. The van der Waals surface area contributed by atoms with E-state index in [0.29, 0.717) is 19.6 Å². The minimum absolute atomic E-state index is 0.0225. The highest BCUT2D eigenvalue weighted by atomic mass is 16.2. The lowest BCUT2D eigenvalue weighted by atomic mass is 9.84. The topological polar surface area (TPSA) is 86.4 Å². The zero-order valence-corrected chi connectivity index (χ0v) is 12.6. The van der Waals surface area contributed by atoms with Gasteiger partial charge in [0.2, 0.25) is 11.8 Å². The van der Waals surface area contributed by atoms with Crippen molar-refractivity contribution in [2.75, 3.05) is 19.6 Å². The number of piperidine rings is 1. The third-order valence-electron chi connectivity index (χ3n) is 4.43. The minimum atomic E-state index is -0.249. The number of carbonyl (C=O) groups is 2. The molecule has 22 heavy (non-hydrogen) atoms. The normalized spacial score (nSPS) is 28.0. The molecule has 0 aromatic carbocycles. The summed E-state index contributed by atoms with van der Waals surface area (Å²) in [5.74, 6) is -0.478. The van der Waals surface area contributed by atoms with Gasteiger partial charge in [-0.15, -0.1) is 0 Å². The van der Waals surface area contributed by atoms with Crippen LogP contribution in [0.3, 0.4) is 0 Å². The highest BCUT2D eigenvalue weighted by Crippen LogP contribution is 2.25. The second-order valence-corrected chi connectivity index (χ2v) is 5.76. The van der Waals surface area contributed by atoms with Gasteiger partial charge in [-0.05, 0) is 18.7 Å². The number of aromatic nitrogens is 1. The van der Waals surface area contributed by atoms with Crippen LogP contribution in [0, 0.1) is 11.8 Å². The second kappa shape index (κ2) is 6.41. The molecule has 7 nitrogen and oxygen atoms in total. The standard InChI is InChI=1S/C15H21N5O2/c1-2-20-8-11(13-12(9-20)15(22)19-18-13)14(21)17-7-10-5-3-4-6-16-10/h3-6,11-13,18H,2,7-9H2,1H3,(H,17,21)(H,19,22). The number of nitrogens with zero attached hydrogens (tertiary/aromatic N) is 2. The van der Waals surface area contributed by atoms with Crippen molar-refractivity contribution in [3.05, 3.63) is 30.1 Å². The fraction of sp³-hybridized carbons (Fsp3) is 0.533. The van der Waals surface area contributed by atoms with Gasteiger partial charge in [0.05, 0.1) is 30.1 Å². The molecule has 3 unspecified atom stereocenters. The van der Waals surface area contributed by atoms with Crippen molar-refractivity contribution in [1.29, 1.82) is 0 Å². The molecule has 3 rings (SSSR count). The first-order chi connectivity index (χ1) is 10.7. The van der Waals surface area contributed by atoms with E-state index in [2.05, 4.69) is 26.1 Å². The lowest BCUT2D eigenvalue weighted by molar-refractivity contribution is -0.130. The van der Waals surface area contributed by atoms with Crippen LogP contribution in [0.15, 0.2) is 24.4 Å². The number of pyridine rings is 1. The predicted octanol–water partition coefficient (Wildman–Crippen LogP) is -0.731. The molecule has 2 fully saturated rings. The first-order valence-electron chi connectivity index (χ1n) is 7.64. The molecule has 2 aliphatic rings. The van der Waals surface area contributed by atoms with E-state index in [4.69, 9.17) is 0 Å². The zero-order valence-electron chi connectivity index (χ0n) is 12.6. The van der Waals surface area contributed by atoms with Gasteiger partial charge < -0.3 is 10.2 Å². The average molecular weight is 303 g/mol. The summed E-state index contributed by atoms with van der Waals surface area (Å²) in [7, 11) is 0. The van der Waals surface area contributed by atoms with Gasteiger partial charge in [0.1, 0.15) is 0 Å². The maximum absolute atomic E-state index is 12.5. The molecule has 118 valence electrons. The molecule has 3 heterocycles. The molecule has 0 radical (unpaired) electrons. The van der Waals surface area contributed by atoms with Gasteiger partial charge >= 0.3 is 0 Å². The number of likely N-dealkylation sites (tertiary alicyclic amines) is 1. The van der Waals surface area contributed by atoms with E-state index in [1.54, 1.807) is 6.20 Å². The second-order valence-electron chi connectivity index (χ2n) is 5.76. The van der Waals surface area contributed by atoms with Crippen molar-refractivity contribution in [1.82, 2.24) is 26.1 Å². The highest BCUT2D eigenvalue weighted by Gasteiger charge is 2.46. The number of hydrogen-bond donors (Lipinski definition) is 3. The maximum Gasteiger partial charge on any atom is 0.240 e. The number of hydrogen-bond acceptors (Lipinski definition) is 5. The van der Waals surface area contributed by atoms with E-state index < -0.39 is 0 Å². The molecular weight excluding hydrogens is 282 g/mol. The van der Waals surface area contributed by atoms with Gasteiger partial charge in [0, 0.05) is 19.3 Å². The third-order valence-corrected chi connectivity index (χ3v) is 4.43. The van der Waals surface area contributed by atoms with Crippen molar-refractivity contribution in [3.8, 4) is 0 Å². The van der Waals surface area contributed by atoms with Crippen molar-refractivity contribution < 1.29 is 9.59 Å². The first-order valence-corrected chi connectivity index (χ1v) is 7.64. The lowest BCUT2D eigenvalue weighted by Gasteiger charge is -2.37. The minimum Gasteiger partial charge on any atom is -0.350 e. The zero-order chi connectivity index (χ0) is 15.5. The molecule has 3 N–H and O–H groups in total. The number of hydrazine groups is 1. The molecule has 0 aliphatic carbocycles. The van der Waals surface area contributed by atoms with Crippen molar-refractivity contribution >= 4 is 11.8 Å². The van der Waals surface area contributed by atoms with Crippen LogP contribution in [-0.2, 0) is 16.1 Å². The summed E-state index contributed by atoms with van der Waals surface area (Å²) in [5, 5.41) is 2.93. The van der Waals surface area contributed by atoms with Gasteiger partial charge in [-0.1, -0.05) is 13.0 Å². The smallest absolute Gasteiger partial charge is 0.240 e. The molecule has 3 atom stereocenters. The highest BCUT2D eigenvalue weighted by molar-refractivity contribution is 5.85. The fourth-order valence-corrected chi connectivity index (χ4v) is 3.15. The summed E-state index contributed by atoms with van der Waals surface area (Å²) in [6.45, 7) is 4.64. The Morgan fingerprint density at radius 3 is 3.05 bits per heavy atom. The van der Waals surface area contributed by atoms with E-state index in [9.17, 15) is 9.59 Å². The average Bonchev–Trinajstić information content (AvgIpc) is 2.94. The predicted molar refractivity (Wildman–Crippen MR) is 80.2 cm³/mol. The Kier molecular flexibility index (Phi) is 4.35. The van der Waals surface area contributed by atoms with Crippen molar-refractivity contribution in [2.24, 2.45) is 11.8 Å². The molecule has 2 amide bonds. The molecule has 2 saturated heterocycles. The van der Waals surface area contributed by atoms with Crippen molar-refractivity contribution in [2.45, 2.75) is 19.5 Å². The van der Waals surface area contributed by atoms with E-state index in [-0.39, 0.29) is 29.7 Å². The Morgan fingerprint density at radius 1 is 1.45 bits per heavy atom. The number of amides is 2. The molecule has 1 aromatic rings. The SMILES string of the molecule is CCN1CC(C(=O)NCc2ccccn2)C2NNC(=O)C2C1. The van der Waals surface area contributed by atoms with Crippen LogP contribution in [0.2, 0.25) is 0 Å². The van der Waals surface area contributed by atoms with Crippen LogP contribution in [-0.4, -0.2) is 47.4 Å². The number of rotatable bonds is 4. The van der Waals surface area contributed by atoms with Crippen LogP contribution in [0.5, 0.6) is 0 Å². The lowest BCUT2D eigenvalue weighted by Crippen LogP contribution is -2.56. The van der Waals surface area contributed by atoms with E-state index in [1.165, 1.54) is 0 Å². The Bertz CT molecular complexity index is 550. The molecule has 2 aliphatic heterocycles. The van der Waals surface area contributed by atoms with Crippen LogP contribution < -0.4 is 16.2 Å². The fourth-order valence-electron chi connectivity index (χ4n) is 3.15. The maximum atomic E-state index is 12.5. The Labute approximate surface area is 129 Å². The van der Waals surface area contributed by atoms with E-state index >= 15 is 0 Å². The summed E-state index contributed by atoms with van der Waals surface area (Å²) >= 11 is 0. The Morgan fingerprint density at radius 2 is 2.32 bits per heavy atom. The molecule has 7 heteroatoms. The summed E-state index contributed by atoms with van der Waals surface area (Å²) in [6.07, 6.45) is 1.71. The van der Waals surface area contributed by atoms with Gasteiger partial charge in [0.15, 0.2) is 0 Å². The quantitative estimate of drug-likeness (QED) is 0.683. The summed E-state index contributed by atoms with van der Waals surface area (Å²) in [5.41, 5.74) is 6.46. The van der Waals surface area contributed by atoms with Crippen LogP contribution in [0.25, 0.3) is 0 Å². The number of carbonyl (C=O) groups excluding carboxylic acids is 2. The largest absolute Gasteiger partial charge is 0.350 e. The summed E-state index contributed by atoms with van der Waals surface area (Å²) < 4.78 is 0.